The maximum Gasteiger partial charge on any atom is 0.271 e. The lowest BCUT2D eigenvalue weighted by Gasteiger charge is -2.22. The zero-order chi connectivity index (χ0) is 29.6. The Bertz CT molecular complexity index is 1680. The van der Waals surface area contributed by atoms with Crippen LogP contribution in [0.3, 0.4) is 0 Å². The summed E-state index contributed by atoms with van der Waals surface area (Å²) in [7, 11) is -1.07. The second-order valence-electron chi connectivity index (χ2n) is 9.52. The van der Waals surface area contributed by atoms with Gasteiger partial charge in [-0.1, -0.05) is 86.3 Å². The van der Waals surface area contributed by atoms with Crippen molar-refractivity contribution in [3.8, 4) is 0 Å². The molecule has 0 aliphatic carbocycles. The predicted molar refractivity (Wildman–Crippen MR) is 165 cm³/mol. The first kappa shape index (κ1) is 29.2. The first-order valence-corrected chi connectivity index (χ1v) is 14.6. The number of hydrogen-bond acceptors (Lipinski definition) is 4. The van der Waals surface area contributed by atoms with E-state index in [1.807, 2.05) is 60.7 Å². The second kappa shape index (κ2) is 12.6. The van der Waals surface area contributed by atoms with Crippen LogP contribution in [0.5, 0.6) is 0 Å². The van der Waals surface area contributed by atoms with Crippen molar-refractivity contribution in [1.82, 2.24) is 4.90 Å². The van der Waals surface area contributed by atoms with Crippen molar-refractivity contribution in [1.29, 1.82) is 0 Å². The van der Waals surface area contributed by atoms with Crippen molar-refractivity contribution in [2.24, 2.45) is 0 Å². The molecule has 4 rings (SSSR count). The summed E-state index contributed by atoms with van der Waals surface area (Å²) in [5.74, 6) is -1.05. The van der Waals surface area contributed by atoms with Gasteiger partial charge in [-0.15, -0.1) is 0 Å². The van der Waals surface area contributed by atoms with E-state index in [0.717, 1.165) is 44.6 Å². The molecule has 6 nitrogen and oxygen atoms in total. The van der Waals surface area contributed by atoms with Crippen LogP contribution in [0.4, 0.5) is 5.69 Å². The van der Waals surface area contributed by atoms with E-state index in [9.17, 15) is 18.0 Å². The average Bonchev–Trinajstić information content (AvgIpc) is 3.00. The molecule has 0 fully saturated rings. The lowest BCUT2D eigenvalue weighted by atomic mass is 9.88. The van der Waals surface area contributed by atoms with E-state index in [-0.39, 0.29) is 16.5 Å². The van der Waals surface area contributed by atoms with Crippen molar-refractivity contribution < 1.29 is 18.0 Å². The van der Waals surface area contributed by atoms with Gasteiger partial charge in [0.1, 0.15) is 0 Å². The summed E-state index contributed by atoms with van der Waals surface area (Å²) < 4.78 is 28.1. The maximum atomic E-state index is 13.7. The SMILES string of the molecule is C=CC(=O)N(c1ccc(C(=C(CC)c2ccccc2)c2ccccc2)cc1)S(=O)(=O)c1ccc(C(=O)N(C)C)cc1. The highest BCUT2D eigenvalue weighted by atomic mass is 32.2. The minimum Gasteiger partial charge on any atom is -0.345 e. The molecule has 41 heavy (non-hydrogen) atoms. The minimum absolute atomic E-state index is 0.116. The number of allylic oxidation sites excluding steroid dienone is 1. The lowest BCUT2D eigenvalue weighted by molar-refractivity contribution is -0.113. The third-order valence-electron chi connectivity index (χ3n) is 6.65. The van der Waals surface area contributed by atoms with Crippen molar-refractivity contribution in [2.75, 3.05) is 18.4 Å². The highest BCUT2D eigenvalue weighted by molar-refractivity contribution is 7.93. The summed E-state index contributed by atoms with van der Waals surface area (Å²) in [6.07, 6.45) is 1.74. The molecule has 4 aromatic rings. The summed E-state index contributed by atoms with van der Waals surface area (Å²) in [4.78, 5) is 26.5. The number of rotatable bonds is 9. The Hall–Kier alpha value is -4.75. The van der Waals surface area contributed by atoms with Crippen molar-refractivity contribution >= 4 is 38.7 Å². The molecule has 7 heteroatoms. The van der Waals surface area contributed by atoms with Crippen LogP contribution in [-0.4, -0.2) is 39.2 Å². The predicted octanol–water partition coefficient (Wildman–Crippen LogP) is 6.67. The van der Waals surface area contributed by atoms with Gasteiger partial charge in [0.25, 0.3) is 21.8 Å². The summed E-state index contributed by atoms with van der Waals surface area (Å²) in [5, 5.41) is 0. The van der Waals surface area contributed by atoms with Gasteiger partial charge in [-0.2, -0.15) is 4.31 Å². The van der Waals surface area contributed by atoms with Crippen LogP contribution in [0.15, 0.2) is 127 Å². The van der Waals surface area contributed by atoms with Crippen LogP contribution in [0.2, 0.25) is 0 Å². The molecule has 0 N–H and O–H groups in total. The number of carbonyl (C=O) groups excluding carboxylic acids is 2. The molecule has 2 amide bonds. The van der Waals surface area contributed by atoms with E-state index in [1.54, 1.807) is 26.2 Å². The molecule has 0 saturated heterocycles. The molecule has 0 radical (unpaired) electrons. The summed E-state index contributed by atoms with van der Waals surface area (Å²) in [6.45, 7) is 5.62. The van der Waals surface area contributed by atoms with Crippen LogP contribution < -0.4 is 4.31 Å². The molecule has 0 heterocycles. The summed E-state index contributed by atoms with van der Waals surface area (Å²) in [5.41, 5.74) is 5.69. The Morgan fingerprint density at radius 3 is 1.68 bits per heavy atom. The van der Waals surface area contributed by atoms with Gasteiger partial charge < -0.3 is 4.90 Å². The number of nitrogens with zero attached hydrogens (tertiary/aromatic N) is 2. The van der Waals surface area contributed by atoms with E-state index in [2.05, 4.69) is 25.6 Å². The third kappa shape index (κ3) is 6.21. The molecule has 0 saturated carbocycles. The fraction of sp³-hybridized carbons (Fsp3) is 0.118. The standard InChI is InChI=1S/C34H32N2O4S/c1-5-31(25-13-9-7-10-14-25)33(26-15-11-8-12-16-26)27-17-21-29(22-18-27)36(32(37)6-2)41(39,40)30-23-19-28(20-24-30)34(38)35(3)4/h6-24H,2,5H2,1,3-4H3. The van der Waals surface area contributed by atoms with Crippen LogP contribution in [0.25, 0.3) is 11.1 Å². The van der Waals surface area contributed by atoms with Gasteiger partial charge in [0.15, 0.2) is 0 Å². The molecule has 0 aliphatic rings. The Morgan fingerprint density at radius 1 is 0.707 bits per heavy atom. The second-order valence-corrected chi connectivity index (χ2v) is 11.3. The highest BCUT2D eigenvalue weighted by Crippen LogP contribution is 2.35. The molecule has 0 aliphatic heterocycles. The van der Waals surface area contributed by atoms with E-state index in [0.29, 0.717) is 5.56 Å². The molecular weight excluding hydrogens is 532 g/mol. The monoisotopic (exact) mass is 564 g/mol. The molecule has 0 aromatic heterocycles. The van der Waals surface area contributed by atoms with Gasteiger partial charge in [0.05, 0.1) is 10.6 Å². The summed E-state index contributed by atoms with van der Waals surface area (Å²) >= 11 is 0. The quantitative estimate of drug-likeness (QED) is 0.168. The fourth-order valence-corrected chi connectivity index (χ4v) is 6.05. The lowest BCUT2D eigenvalue weighted by Crippen LogP contribution is -2.35. The number of sulfonamides is 1. The molecule has 4 aromatic carbocycles. The fourth-order valence-electron chi connectivity index (χ4n) is 4.65. The first-order valence-electron chi connectivity index (χ1n) is 13.2. The zero-order valence-electron chi connectivity index (χ0n) is 23.3. The van der Waals surface area contributed by atoms with Gasteiger partial charge in [-0.05, 0) is 76.7 Å². The van der Waals surface area contributed by atoms with Gasteiger partial charge >= 0.3 is 0 Å². The normalized spacial score (nSPS) is 11.8. The van der Waals surface area contributed by atoms with Crippen LogP contribution in [0, 0.1) is 0 Å². The highest BCUT2D eigenvalue weighted by Gasteiger charge is 2.30. The van der Waals surface area contributed by atoms with Crippen molar-refractivity contribution in [3.05, 3.63) is 144 Å². The number of carbonyl (C=O) groups is 2. The first-order chi connectivity index (χ1) is 19.7. The summed E-state index contributed by atoms with van der Waals surface area (Å²) in [6, 6.07) is 32.6. The van der Waals surface area contributed by atoms with Crippen LogP contribution >= 0.6 is 0 Å². The molecule has 0 unspecified atom stereocenters. The Kier molecular flexibility index (Phi) is 9.00. The maximum absolute atomic E-state index is 13.7. The Labute approximate surface area is 241 Å². The molecule has 0 atom stereocenters. The molecule has 208 valence electrons. The Morgan fingerprint density at radius 2 is 1.20 bits per heavy atom. The third-order valence-corrected chi connectivity index (χ3v) is 8.39. The van der Waals surface area contributed by atoms with E-state index >= 15 is 0 Å². The topological polar surface area (TPSA) is 74.8 Å². The van der Waals surface area contributed by atoms with Crippen molar-refractivity contribution in [3.63, 3.8) is 0 Å². The zero-order valence-corrected chi connectivity index (χ0v) is 24.1. The molecule has 0 bridgehead atoms. The largest absolute Gasteiger partial charge is 0.345 e. The van der Waals surface area contributed by atoms with E-state index in [4.69, 9.17) is 0 Å². The van der Waals surface area contributed by atoms with Crippen molar-refractivity contribution in [2.45, 2.75) is 18.2 Å². The van der Waals surface area contributed by atoms with E-state index < -0.39 is 15.9 Å². The van der Waals surface area contributed by atoms with Gasteiger partial charge in [0.2, 0.25) is 0 Å². The van der Waals surface area contributed by atoms with Gasteiger partial charge in [0, 0.05) is 19.7 Å². The van der Waals surface area contributed by atoms with Gasteiger partial charge in [-0.3, -0.25) is 9.59 Å². The number of anilines is 1. The number of benzene rings is 4. The minimum atomic E-state index is -4.30. The smallest absolute Gasteiger partial charge is 0.271 e. The number of hydrogen-bond donors (Lipinski definition) is 0. The molecular formula is C34H32N2O4S. The Balaban J connectivity index is 1.80. The van der Waals surface area contributed by atoms with Gasteiger partial charge in [-0.25, -0.2) is 8.42 Å². The van der Waals surface area contributed by atoms with Crippen LogP contribution in [0.1, 0.15) is 40.4 Å². The number of amides is 2. The molecule has 0 spiro atoms. The van der Waals surface area contributed by atoms with Crippen LogP contribution in [-0.2, 0) is 14.8 Å². The average molecular weight is 565 g/mol. The van der Waals surface area contributed by atoms with E-state index in [1.165, 1.54) is 29.2 Å².